The van der Waals surface area contributed by atoms with E-state index < -0.39 is 0 Å². The highest BCUT2D eigenvalue weighted by Gasteiger charge is 2.17. The summed E-state index contributed by atoms with van der Waals surface area (Å²) in [5.74, 6) is 0.330. The molecule has 0 aliphatic rings. The normalized spacial score (nSPS) is 14.4. The lowest BCUT2D eigenvalue weighted by Crippen LogP contribution is -2.30. The molecule has 0 bridgehead atoms. The summed E-state index contributed by atoms with van der Waals surface area (Å²) in [5, 5.41) is 11.1. The highest BCUT2D eigenvalue weighted by Crippen LogP contribution is 2.05. The maximum absolute atomic E-state index is 11.1. The van der Waals surface area contributed by atoms with Gasteiger partial charge in [0, 0.05) is 26.7 Å². The Morgan fingerprint density at radius 1 is 1.30 bits per heavy atom. The molecule has 0 aromatic heterocycles. The lowest BCUT2D eigenvalue weighted by Gasteiger charge is -2.19. The van der Waals surface area contributed by atoms with Gasteiger partial charge in [0.2, 0.25) is 0 Å². The maximum Gasteiger partial charge on any atom is 0.164 e. The average molecular weight is 143 g/mol. The molecule has 0 radical (unpaired) electrons. The van der Waals surface area contributed by atoms with Gasteiger partial charge in [-0.2, -0.15) is 0 Å². The second-order valence-corrected chi connectivity index (χ2v) is 3.89. The van der Waals surface area contributed by atoms with Gasteiger partial charge in [-0.3, -0.25) is 0 Å². The van der Waals surface area contributed by atoms with Crippen molar-refractivity contribution in [3.63, 3.8) is 0 Å². The Hall–Kier alpha value is -0.530. The van der Waals surface area contributed by atoms with Crippen LogP contribution in [0.3, 0.4) is 0 Å². The smallest absolute Gasteiger partial charge is 0.164 e. The molecule has 0 heterocycles. The van der Waals surface area contributed by atoms with Crippen LogP contribution in [0.4, 0.5) is 0 Å². The minimum Gasteiger partial charge on any atom is -0.624 e. The molecule has 0 aromatic carbocycles. The largest absolute Gasteiger partial charge is 0.624 e. The van der Waals surface area contributed by atoms with Gasteiger partial charge in [-0.05, 0) is 0 Å². The van der Waals surface area contributed by atoms with E-state index >= 15 is 0 Å². The number of rotatable bonds is 1. The molecule has 0 aromatic rings. The zero-order valence-electron chi connectivity index (χ0n) is 7.51. The van der Waals surface area contributed by atoms with Gasteiger partial charge in [-0.25, -0.2) is 4.74 Å². The van der Waals surface area contributed by atoms with E-state index in [1.807, 2.05) is 34.6 Å². The van der Waals surface area contributed by atoms with Crippen LogP contribution in [0, 0.1) is 11.1 Å². The van der Waals surface area contributed by atoms with Crippen LogP contribution in [0.5, 0.6) is 0 Å². The summed E-state index contributed by atoms with van der Waals surface area (Å²) in [6.07, 6.45) is 1.69. The topological polar surface area (TPSA) is 26.1 Å². The molecule has 0 atom stereocenters. The van der Waals surface area contributed by atoms with E-state index in [1.54, 1.807) is 6.21 Å². The zero-order valence-corrected chi connectivity index (χ0v) is 7.51. The van der Waals surface area contributed by atoms with E-state index in [4.69, 9.17) is 0 Å². The fourth-order valence-electron chi connectivity index (χ4n) is 0.494. The van der Waals surface area contributed by atoms with Crippen LogP contribution in [0.2, 0.25) is 0 Å². The van der Waals surface area contributed by atoms with Crippen molar-refractivity contribution in [2.75, 3.05) is 0 Å². The Bertz CT molecular complexity index is 131. The van der Waals surface area contributed by atoms with E-state index in [9.17, 15) is 5.21 Å². The lowest BCUT2D eigenvalue weighted by molar-refractivity contribution is -0.532. The summed E-state index contributed by atoms with van der Waals surface area (Å²) < 4.78 is 1.01. The van der Waals surface area contributed by atoms with Gasteiger partial charge < -0.3 is 5.21 Å². The summed E-state index contributed by atoms with van der Waals surface area (Å²) in [6, 6.07) is 0. The van der Waals surface area contributed by atoms with Gasteiger partial charge in [0.25, 0.3) is 0 Å². The molecule has 2 heteroatoms. The van der Waals surface area contributed by atoms with Crippen LogP contribution in [0.15, 0.2) is 0 Å². The molecule has 0 saturated heterocycles. The van der Waals surface area contributed by atoms with Crippen LogP contribution >= 0.6 is 0 Å². The molecule has 2 nitrogen and oxygen atoms in total. The maximum atomic E-state index is 11.1. The summed E-state index contributed by atoms with van der Waals surface area (Å²) in [4.78, 5) is 0. The summed E-state index contributed by atoms with van der Waals surface area (Å²) in [7, 11) is 0. The zero-order chi connectivity index (χ0) is 8.36. The van der Waals surface area contributed by atoms with E-state index in [0.29, 0.717) is 5.92 Å². The number of hydrogen-bond acceptors (Lipinski definition) is 1. The third-order valence-electron chi connectivity index (χ3n) is 1.09. The van der Waals surface area contributed by atoms with Crippen molar-refractivity contribution >= 4 is 6.21 Å². The lowest BCUT2D eigenvalue weighted by atomic mass is 10.1. The molecule has 0 spiro atoms. The summed E-state index contributed by atoms with van der Waals surface area (Å²) >= 11 is 0. The van der Waals surface area contributed by atoms with Crippen molar-refractivity contribution in [2.45, 2.75) is 40.2 Å². The highest BCUT2D eigenvalue weighted by atomic mass is 16.5. The van der Waals surface area contributed by atoms with Gasteiger partial charge in [-0.1, -0.05) is 13.8 Å². The minimum absolute atomic E-state index is 0.287. The van der Waals surface area contributed by atoms with Gasteiger partial charge in [0.05, 0.1) is 0 Å². The summed E-state index contributed by atoms with van der Waals surface area (Å²) in [6.45, 7) is 9.70. The molecule has 0 aliphatic heterocycles. The average Bonchev–Trinajstić information content (AvgIpc) is 1.60. The molecule has 0 rings (SSSR count). The molecule has 0 N–H and O–H groups in total. The Morgan fingerprint density at radius 2 is 1.70 bits per heavy atom. The van der Waals surface area contributed by atoms with Gasteiger partial charge in [0.15, 0.2) is 11.8 Å². The van der Waals surface area contributed by atoms with Crippen LogP contribution < -0.4 is 0 Å². The SMILES string of the molecule is CC(C)/C=[N+](\[O-])C(C)(C)C. The molecular weight excluding hydrogens is 126 g/mol. The molecule has 0 aliphatic carbocycles. The first kappa shape index (κ1) is 9.47. The van der Waals surface area contributed by atoms with Crippen molar-refractivity contribution in [3.05, 3.63) is 5.21 Å². The van der Waals surface area contributed by atoms with E-state index in [0.717, 1.165) is 4.74 Å². The first-order chi connectivity index (χ1) is 4.34. The van der Waals surface area contributed by atoms with Crippen molar-refractivity contribution in [3.8, 4) is 0 Å². The first-order valence-electron chi connectivity index (χ1n) is 3.65. The Balaban J connectivity index is 4.20. The van der Waals surface area contributed by atoms with Gasteiger partial charge in [0.1, 0.15) is 0 Å². The third-order valence-corrected chi connectivity index (χ3v) is 1.09. The second-order valence-electron chi connectivity index (χ2n) is 3.89. The highest BCUT2D eigenvalue weighted by molar-refractivity contribution is 5.54. The third kappa shape index (κ3) is 3.49. The van der Waals surface area contributed by atoms with Crippen LogP contribution in [0.1, 0.15) is 34.6 Å². The van der Waals surface area contributed by atoms with E-state index in [2.05, 4.69) is 0 Å². The fourth-order valence-corrected chi connectivity index (χ4v) is 0.494. The van der Waals surface area contributed by atoms with Gasteiger partial charge in [-0.15, -0.1) is 0 Å². The molecule has 0 amide bonds. The van der Waals surface area contributed by atoms with E-state index in [-0.39, 0.29) is 5.54 Å². The van der Waals surface area contributed by atoms with Gasteiger partial charge >= 0.3 is 0 Å². The number of hydrogen-bond donors (Lipinski definition) is 0. The second kappa shape index (κ2) is 3.04. The minimum atomic E-state index is -0.287. The Morgan fingerprint density at radius 3 is 1.80 bits per heavy atom. The van der Waals surface area contributed by atoms with Crippen molar-refractivity contribution in [2.24, 2.45) is 5.92 Å². The fraction of sp³-hybridized carbons (Fsp3) is 0.875. The Labute approximate surface area is 63.1 Å². The van der Waals surface area contributed by atoms with Crippen LogP contribution in [-0.4, -0.2) is 16.5 Å². The molecule has 0 saturated carbocycles. The monoisotopic (exact) mass is 143 g/mol. The number of nitrogens with zero attached hydrogens (tertiary/aromatic N) is 1. The quantitative estimate of drug-likeness (QED) is 0.239. The van der Waals surface area contributed by atoms with E-state index in [1.165, 1.54) is 0 Å². The molecule has 0 unspecified atom stereocenters. The molecular formula is C8H17NO. The van der Waals surface area contributed by atoms with Crippen LogP contribution in [-0.2, 0) is 0 Å². The Kier molecular flexibility index (Phi) is 2.88. The van der Waals surface area contributed by atoms with Crippen LogP contribution in [0.25, 0.3) is 0 Å². The predicted molar refractivity (Wildman–Crippen MR) is 44.3 cm³/mol. The molecule has 60 valence electrons. The van der Waals surface area contributed by atoms with Crippen molar-refractivity contribution in [1.29, 1.82) is 0 Å². The summed E-state index contributed by atoms with van der Waals surface area (Å²) in [5.41, 5.74) is -0.287. The predicted octanol–water partition coefficient (Wildman–Crippen LogP) is 2.02. The van der Waals surface area contributed by atoms with Crippen molar-refractivity contribution < 1.29 is 4.74 Å². The van der Waals surface area contributed by atoms with Crippen molar-refractivity contribution in [1.82, 2.24) is 0 Å². The molecule has 0 fully saturated rings. The standard InChI is InChI=1S/C8H17NO/c1-7(2)6-9(10)8(3,4)5/h6-7H,1-5H3/b9-6-. The number of hydroxylamine groups is 1. The molecule has 10 heavy (non-hydrogen) atoms. The first-order valence-corrected chi connectivity index (χ1v) is 3.65.